The molecule has 140 valence electrons. The summed E-state index contributed by atoms with van der Waals surface area (Å²) < 4.78 is 17.0. The molecule has 0 radical (unpaired) electrons. The highest BCUT2D eigenvalue weighted by Gasteiger charge is 2.20. The third-order valence-electron chi connectivity index (χ3n) is 4.72. The number of rotatable bonds is 4. The predicted molar refractivity (Wildman–Crippen MR) is 98.6 cm³/mol. The van der Waals surface area contributed by atoms with E-state index in [4.69, 9.17) is 5.73 Å². The summed E-state index contributed by atoms with van der Waals surface area (Å²) in [5.41, 5.74) is 6.25. The molecule has 0 saturated heterocycles. The maximum atomic E-state index is 14.3. The number of nitrogens with one attached hydrogen (secondary N) is 1. The highest BCUT2D eigenvalue weighted by Crippen LogP contribution is 2.21. The third kappa shape index (κ3) is 3.72. The van der Waals surface area contributed by atoms with E-state index in [9.17, 15) is 9.18 Å². The number of nitrogens with zero attached hydrogens (tertiary/aromatic N) is 5. The van der Waals surface area contributed by atoms with Crippen LogP contribution >= 0.6 is 0 Å². The molecule has 27 heavy (non-hydrogen) atoms. The van der Waals surface area contributed by atoms with Crippen LogP contribution in [0.25, 0.3) is 11.5 Å². The standard InChI is InChI=1S/C18H20FN7O/c19-15-10-21-18(23-13-6-4-12(20)5-7-13)24-17(15)26-11-14(9-22-26)25-8-2-1-3-16(25)27/h1-3,8-13H,4-7,20H2,(H,21,23,24)/t12-,13-. The molecule has 3 aromatic rings. The molecule has 4 rings (SSSR count). The molecule has 1 saturated carbocycles. The van der Waals surface area contributed by atoms with Crippen molar-refractivity contribution in [1.29, 1.82) is 0 Å². The van der Waals surface area contributed by atoms with E-state index in [2.05, 4.69) is 20.4 Å². The molecule has 0 unspecified atom stereocenters. The van der Waals surface area contributed by atoms with Crippen LogP contribution in [0.15, 0.2) is 47.8 Å². The van der Waals surface area contributed by atoms with Gasteiger partial charge in [-0.15, -0.1) is 0 Å². The summed E-state index contributed by atoms with van der Waals surface area (Å²) in [6.45, 7) is 0. The number of hydrogen-bond donors (Lipinski definition) is 2. The van der Waals surface area contributed by atoms with Gasteiger partial charge in [-0.05, 0) is 31.7 Å². The Kier molecular flexibility index (Phi) is 4.68. The molecule has 1 aliphatic carbocycles. The maximum absolute atomic E-state index is 14.3. The van der Waals surface area contributed by atoms with Crippen LogP contribution in [0.4, 0.5) is 10.3 Å². The van der Waals surface area contributed by atoms with Crippen molar-refractivity contribution < 1.29 is 4.39 Å². The van der Waals surface area contributed by atoms with Gasteiger partial charge in [-0.2, -0.15) is 10.1 Å². The van der Waals surface area contributed by atoms with Crippen molar-refractivity contribution in [2.45, 2.75) is 37.8 Å². The van der Waals surface area contributed by atoms with Gasteiger partial charge in [-0.3, -0.25) is 9.36 Å². The monoisotopic (exact) mass is 369 g/mol. The second kappa shape index (κ2) is 7.28. The maximum Gasteiger partial charge on any atom is 0.255 e. The normalized spacial score (nSPS) is 19.8. The minimum atomic E-state index is -0.596. The minimum absolute atomic E-state index is 0.0234. The van der Waals surface area contributed by atoms with Crippen molar-refractivity contribution in [1.82, 2.24) is 24.3 Å². The van der Waals surface area contributed by atoms with E-state index in [1.54, 1.807) is 24.5 Å². The lowest BCUT2D eigenvalue weighted by Crippen LogP contribution is -2.33. The Morgan fingerprint density at radius 2 is 2.00 bits per heavy atom. The summed E-state index contributed by atoms with van der Waals surface area (Å²) in [6.07, 6.45) is 9.53. The molecule has 3 heterocycles. The van der Waals surface area contributed by atoms with Crippen molar-refractivity contribution in [2.75, 3.05) is 5.32 Å². The topological polar surface area (TPSA) is 104 Å². The van der Waals surface area contributed by atoms with Crippen LogP contribution in [0.3, 0.4) is 0 Å². The fourth-order valence-electron chi connectivity index (χ4n) is 3.23. The quantitative estimate of drug-likeness (QED) is 0.724. The van der Waals surface area contributed by atoms with Crippen molar-refractivity contribution >= 4 is 5.95 Å². The van der Waals surface area contributed by atoms with Gasteiger partial charge in [0, 0.05) is 24.3 Å². The number of anilines is 1. The smallest absolute Gasteiger partial charge is 0.255 e. The van der Waals surface area contributed by atoms with Crippen molar-refractivity contribution in [3.8, 4) is 11.5 Å². The molecule has 9 heteroatoms. The second-order valence-corrected chi connectivity index (χ2v) is 6.67. The van der Waals surface area contributed by atoms with Crippen molar-refractivity contribution in [3.63, 3.8) is 0 Å². The largest absolute Gasteiger partial charge is 0.351 e. The molecule has 1 fully saturated rings. The fraction of sp³-hybridized carbons (Fsp3) is 0.333. The van der Waals surface area contributed by atoms with Crippen molar-refractivity contribution in [2.24, 2.45) is 5.73 Å². The molecule has 3 N–H and O–H groups in total. The number of halogens is 1. The molecule has 0 bridgehead atoms. The molecule has 3 aromatic heterocycles. The molecule has 0 atom stereocenters. The van der Waals surface area contributed by atoms with Gasteiger partial charge < -0.3 is 11.1 Å². The van der Waals surface area contributed by atoms with Gasteiger partial charge in [-0.25, -0.2) is 14.1 Å². The zero-order valence-corrected chi connectivity index (χ0v) is 14.6. The van der Waals surface area contributed by atoms with E-state index in [0.29, 0.717) is 11.6 Å². The summed E-state index contributed by atoms with van der Waals surface area (Å²) in [6, 6.07) is 5.31. The van der Waals surface area contributed by atoms with E-state index in [1.807, 2.05) is 0 Å². The summed E-state index contributed by atoms with van der Waals surface area (Å²) in [5.74, 6) is -0.225. The molecule has 8 nitrogen and oxygen atoms in total. The van der Waals surface area contributed by atoms with Gasteiger partial charge in [-0.1, -0.05) is 6.07 Å². The Balaban J connectivity index is 1.59. The van der Waals surface area contributed by atoms with Crippen LogP contribution in [-0.2, 0) is 0 Å². The molecule has 0 aliphatic heterocycles. The number of hydrogen-bond acceptors (Lipinski definition) is 6. The number of aromatic nitrogens is 5. The average molecular weight is 369 g/mol. The van der Waals surface area contributed by atoms with E-state index >= 15 is 0 Å². The van der Waals surface area contributed by atoms with Gasteiger partial charge in [0.15, 0.2) is 11.6 Å². The van der Waals surface area contributed by atoms with Crippen LogP contribution in [0.5, 0.6) is 0 Å². The van der Waals surface area contributed by atoms with Crippen LogP contribution in [0.1, 0.15) is 25.7 Å². The lowest BCUT2D eigenvalue weighted by atomic mass is 9.92. The summed E-state index contributed by atoms with van der Waals surface area (Å²) in [4.78, 5) is 20.2. The highest BCUT2D eigenvalue weighted by molar-refractivity contribution is 5.36. The Hall–Kier alpha value is -3.07. The zero-order chi connectivity index (χ0) is 18.8. The van der Waals surface area contributed by atoms with Crippen LogP contribution in [0.2, 0.25) is 0 Å². The highest BCUT2D eigenvalue weighted by atomic mass is 19.1. The van der Waals surface area contributed by atoms with Crippen LogP contribution < -0.4 is 16.6 Å². The summed E-state index contributed by atoms with van der Waals surface area (Å²) in [5, 5.41) is 7.39. The molecular formula is C18H20FN7O. The first kappa shape index (κ1) is 17.3. The lowest BCUT2D eigenvalue weighted by Gasteiger charge is -2.26. The second-order valence-electron chi connectivity index (χ2n) is 6.67. The van der Waals surface area contributed by atoms with E-state index in [-0.39, 0.29) is 23.5 Å². The van der Waals surface area contributed by atoms with E-state index < -0.39 is 5.82 Å². The molecule has 0 amide bonds. The number of nitrogens with two attached hydrogens (primary N) is 1. The average Bonchev–Trinajstić information content (AvgIpc) is 3.15. The Labute approximate surface area is 154 Å². The van der Waals surface area contributed by atoms with Crippen LogP contribution in [0, 0.1) is 5.82 Å². The molecule has 0 spiro atoms. The SMILES string of the molecule is N[C@H]1CC[C@H](Nc2ncc(F)c(-n3cc(-n4ccccc4=O)cn3)n2)CC1. The van der Waals surface area contributed by atoms with Gasteiger partial charge in [0.1, 0.15) is 0 Å². The Morgan fingerprint density at radius 3 is 2.78 bits per heavy atom. The van der Waals surface area contributed by atoms with E-state index in [0.717, 1.165) is 31.9 Å². The molecule has 0 aromatic carbocycles. The lowest BCUT2D eigenvalue weighted by molar-refractivity contribution is 0.409. The minimum Gasteiger partial charge on any atom is -0.351 e. The van der Waals surface area contributed by atoms with Crippen LogP contribution in [-0.4, -0.2) is 36.4 Å². The fourth-order valence-corrected chi connectivity index (χ4v) is 3.23. The van der Waals surface area contributed by atoms with Crippen molar-refractivity contribution in [3.05, 3.63) is 59.2 Å². The van der Waals surface area contributed by atoms with Gasteiger partial charge >= 0.3 is 0 Å². The first-order valence-electron chi connectivity index (χ1n) is 8.88. The molecule has 1 aliphatic rings. The first-order valence-corrected chi connectivity index (χ1v) is 8.88. The summed E-state index contributed by atoms with van der Waals surface area (Å²) >= 11 is 0. The van der Waals surface area contributed by atoms with Gasteiger partial charge in [0.2, 0.25) is 5.95 Å². The summed E-state index contributed by atoms with van der Waals surface area (Å²) in [7, 11) is 0. The first-order chi connectivity index (χ1) is 13.1. The third-order valence-corrected chi connectivity index (χ3v) is 4.72. The van der Waals surface area contributed by atoms with Gasteiger partial charge in [0.25, 0.3) is 5.56 Å². The van der Waals surface area contributed by atoms with Gasteiger partial charge in [0.05, 0.1) is 24.3 Å². The molecular weight excluding hydrogens is 349 g/mol. The Bertz CT molecular complexity index is 991. The van der Waals surface area contributed by atoms with E-state index in [1.165, 1.54) is 21.5 Å². The predicted octanol–water partition coefficient (Wildman–Crippen LogP) is 1.63. The number of pyridine rings is 1. The zero-order valence-electron chi connectivity index (χ0n) is 14.6. The Morgan fingerprint density at radius 1 is 1.19 bits per heavy atom.